The van der Waals surface area contributed by atoms with E-state index in [9.17, 15) is 4.79 Å². The van der Waals surface area contributed by atoms with Gasteiger partial charge >= 0.3 is 0 Å². The molecular formula is C17H26N2O. The first kappa shape index (κ1) is 15.0. The molecule has 0 aliphatic heterocycles. The maximum atomic E-state index is 12.1. The molecule has 1 amide bonds. The third-order valence-electron chi connectivity index (χ3n) is 4.55. The van der Waals surface area contributed by atoms with Gasteiger partial charge in [0.1, 0.15) is 0 Å². The van der Waals surface area contributed by atoms with Crippen LogP contribution in [0.15, 0.2) is 24.3 Å². The number of hydrogen-bond acceptors (Lipinski definition) is 2. The van der Waals surface area contributed by atoms with Gasteiger partial charge in [-0.05, 0) is 42.4 Å². The summed E-state index contributed by atoms with van der Waals surface area (Å²) in [6, 6.07) is 7.54. The van der Waals surface area contributed by atoms with E-state index in [1.54, 1.807) is 0 Å². The minimum Gasteiger partial charge on any atom is -0.352 e. The highest BCUT2D eigenvalue weighted by molar-refractivity contribution is 5.94. The van der Waals surface area contributed by atoms with Crippen LogP contribution in [0.25, 0.3) is 0 Å². The average Bonchev–Trinajstić information content (AvgIpc) is 2.53. The first-order valence-electron chi connectivity index (χ1n) is 7.80. The number of rotatable bonds is 5. The molecule has 0 saturated heterocycles. The summed E-state index contributed by atoms with van der Waals surface area (Å²) >= 11 is 0. The van der Waals surface area contributed by atoms with E-state index in [0.717, 1.165) is 23.6 Å². The van der Waals surface area contributed by atoms with Gasteiger partial charge in [-0.15, -0.1) is 0 Å². The minimum atomic E-state index is 0.0335. The van der Waals surface area contributed by atoms with Crippen molar-refractivity contribution in [3.63, 3.8) is 0 Å². The Morgan fingerprint density at radius 2 is 1.75 bits per heavy atom. The maximum absolute atomic E-state index is 12.1. The lowest BCUT2D eigenvalue weighted by molar-refractivity contribution is 0.0941. The second-order valence-corrected chi connectivity index (χ2v) is 5.91. The third kappa shape index (κ3) is 4.07. The molecule has 0 aromatic heterocycles. The number of amides is 1. The van der Waals surface area contributed by atoms with Crippen LogP contribution in [0.2, 0.25) is 0 Å². The number of hydrogen-bond donors (Lipinski definition) is 2. The van der Waals surface area contributed by atoms with Gasteiger partial charge in [0.05, 0.1) is 0 Å². The molecular weight excluding hydrogens is 248 g/mol. The van der Waals surface area contributed by atoms with Crippen LogP contribution in [0.1, 0.15) is 54.9 Å². The van der Waals surface area contributed by atoms with Crippen molar-refractivity contribution in [2.45, 2.75) is 45.6 Å². The normalized spacial score (nSPS) is 22.5. The van der Waals surface area contributed by atoms with Gasteiger partial charge < -0.3 is 11.1 Å². The number of carbonyl (C=O) groups is 1. The number of nitrogens with two attached hydrogens (primary N) is 1. The molecule has 0 heterocycles. The predicted molar refractivity (Wildman–Crippen MR) is 82.4 cm³/mol. The lowest BCUT2D eigenvalue weighted by Gasteiger charge is -2.27. The molecule has 110 valence electrons. The summed E-state index contributed by atoms with van der Waals surface area (Å²) in [6.45, 7) is 3.61. The number of nitrogens with one attached hydrogen (secondary N) is 1. The van der Waals surface area contributed by atoms with E-state index in [1.165, 1.54) is 32.1 Å². The van der Waals surface area contributed by atoms with Gasteiger partial charge in [-0.3, -0.25) is 4.79 Å². The maximum Gasteiger partial charge on any atom is 0.251 e. The summed E-state index contributed by atoms with van der Waals surface area (Å²) in [4.78, 5) is 12.1. The van der Waals surface area contributed by atoms with Gasteiger partial charge in [0.25, 0.3) is 5.91 Å². The Morgan fingerprint density at radius 3 is 2.30 bits per heavy atom. The van der Waals surface area contributed by atoms with Gasteiger partial charge in [-0.25, -0.2) is 0 Å². The zero-order valence-electron chi connectivity index (χ0n) is 12.4. The smallest absolute Gasteiger partial charge is 0.251 e. The fraction of sp³-hybridized carbons (Fsp3) is 0.588. The van der Waals surface area contributed by atoms with E-state index in [2.05, 4.69) is 12.2 Å². The molecule has 1 fully saturated rings. The molecule has 0 atom stereocenters. The average molecular weight is 274 g/mol. The van der Waals surface area contributed by atoms with E-state index in [0.29, 0.717) is 12.5 Å². The molecule has 20 heavy (non-hydrogen) atoms. The molecule has 2 rings (SSSR count). The van der Waals surface area contributed by atoms with Crippen molar-refractivity contribution in [2.75, 3.05) is 6.54 Å². The van der Waals surface area contributed by atoms with Crippen LogP contribution in [0, 0.1) is 11.8 Å². The molecule has 3 N–H and O–H groups in total. The number of benzene rings is 1. The first-order chi connectivity index (χ1) is 9.72. The molecule has 0 unspecified atom stereocenters. The molecule has 0 radical (unpaired) electrons. The lowest BCUT2D eigenvalue weighted by atomic mass is 9.81. The Labute approximate surface area is 121 Å². The molecule has 1 aliphatic carbocycles. The Bertz CT molecular complexity index is 419. The van der Waals surface area contributed by atoms with Crippen LogP contribution in [-0.2, 0) is 6.54 Å². The van der Waals surface area contributed by atoms with Crippen LogP contribution in [0.5, 0.6) is 0 Å². The van der Waals surface area contributed by atoms with Crippen LogP contribution < -0.4 is 11.1 Å². The summed E-state index contributed by atoms with van der Waals surface area (Å²) in [5.41, 5.74) is 7.34. The second-order valence-electron chi connectivity index (χ2n) is 5.91. The molecule has 0 spiro atoms. The summed E-state index contributed by atoms with van der Waals surface area (Å²) in [5, 5.41) is 3.07. The molecule has 1 aliphatic rings. The molecule has 1 aromatic rings. The monoisotopic (exact) mass is 274 g/mol. The molecule has 3 heteroatoms. The van der Waals surface area contributed by atoms with Crippen molar-refractivity contribution >= 4 is 5.91 Å². The quantitative estimate of drug-likeness (QED) is 0.867. The molecule has 1 aromatic carbocycles. The van der Waals surface area contributed by atoms with Crippen molar-refractivity contribution in [1.82, 2.24) is 5.32 Å². The van der Waals surface area contributed by atoms with Crippen molar-refractivity contribution < 1.29 is 4.79 Å². The third-order valence-corrected chi connectivity index (χ3v) is 4.55. The predicted octanol–water partition coefficient (Wildman–Crippen LogP) is 3.09. The molecule has 1 saturated carbocycles. The van der Waals surface area contributed by atoms with Gasteiger partial charge in [-0.1, -0.05) is 38.3 Å². The van der Waals surface area contributed by atoms with E-state index >= 15 is 0 Å². The number of carbonyl (C=O) groups excluding carboxylic acids is 1. The fourth-order valence-electron chi connectivity index (χ4n) is 2.98. The minimum absolute atomic E-state index is 0.0335. The standard InChI is InChI=1S/C17H26N2O/c1-2-13-3-5-15(6-4-13)12-19-17(20)16-9-7-14(11-18)8-10-16/h7-10,13,15H,2-6,11-12,18H2,1H3,(H,19,20). The Balaban J connectivity index is 1.77. The van der Waals surface area contributed by atoms with Crippen LogP contribution in [0.4, 0.5) is 0 Å². The molecule has 3 nitrogen and oxygen atoms in total. The van der Waals surface area contributed by atoms with Gasteiger partial charge in [0, 0.05) is 18.7 Å². The van der Waals surface area contributed by atoms with Gasteiger partial charge in [-0.2, -0.15) is 0 Å². The van der Waals surface area contributed by atoms with E-state index in [-0.39, 0.29) is 5.91 Å². The van der Waals surface area contributed by atoms with E-state index < -0.39 is 0 Å². The van der Waals surface area contributed by atoms with E-state index in [4.69, 9.17) is 5.73 Å². The topological polar surface area (TPSA) is 55.1 Å². The highest BCUT2D eigenvalue weighted by Crippen LogP contribution is 2.30. The second kappa shape index (κ2) is 7.44. The van der Waals surface area contributed by atoms with E-state index in [1.807, 2.05) is 24.3 Å². The van der Waals surface area contributed by atoms with Crippen LogP contribution in [0.3, 0.4) is 0 Å². The van der Waals surface area contributed by atoms with Gasteiger partial charge in [0.15, 0.2) is 0 Å². The fourth-order valence-corrected chi connectivity index (χ4v) is 2.98. The highest BCUT2D eigenvalue weighted by atomic mass is 16.1. The van der Waals surface area contributed by atoms with Crippen molar-refractivity contribution in [1.29, 1.82) is 0 Å². The Morgan fingerprint density at radius 1 is 1.15 bits per heavy atom. The summed E-state index contributed by atoms with van der Waals surface area (Å²) in [5.74, 6) is 1.60. The largest absolute Gasteiger partial charge is 0.352 e. The summed E-state index contributed by atoms with van der Waals surface area (Å²) < 4.78 is 0. The first-order valence-corrected chi connectivity index (χ1v) is 7.80. The zero-order valence-corrected chi connectivity index (χ0v) is 12.4. The summed E-state index contributed by atoms with van der Waals surface area (Å²) in [7, 11) is 0. The molecule has 0 bridgehead atoms. The van der Waals surface area contributed by atoms with Crippen LogP contribution >= 0.6 is 0 Å². The Kier molecular flexibility index (Phi) is 5.60. The van der Waals surface area contributed by atoms with Gasteiger partial charge in [0.2, 0.25) is 0 Å². The van der Waals surface area contributed by atoms with Crippen molar-refractivity contribution in [2.24, 2.45) is 17.6 Å². The Hall–Kier alpha value is -1.35. The van der Waals surface area contributed by atoms with Crippen molar-refractivity contribution in [3.8, 4) is 0 Å². The van der Waals surface area contributed by atoms with Crippen LogP contribution in [-0.4, -0.2) is 12.5 Å². The van der Waals surface area contributed by atoms with Crippen molar-refractivity contribution in [3.05, 3.63) is 35.4 Å². The SMILES string of the molecule is CCC1CCC(CNC(=O)c2ccc(CN)cc2)CC1. The lowest BCUT2D eigenvalue weighted by Crippen LogP contribution is -2.31. The highest BCUT2D eigenvalue weighted by Gasteiger charge is 2.20. The zero-order chi connectivity index (χ0) is 14.4. The summed E-state index contributed by atoms with van der Waals surface area (Å²) in [6.07, 6.45) is 6.45.